The third-order valence-corrected chi connectivity index (χ3v) is 7.06. The molecule has 2 atom stereocenters. The highest BCUT2D eigenvalue weighted by molar-refractivity contribution is 9.10. The van der Waals surface area contributed by atoms with Crippen LogP contribution in [0.2, 0.25) is 0 Å². The van der Waals surface area contributed by atoms with Crippen LogP contribution in [0.25, 0.3) is 11.0 Å². The smallest absolute Gasteiger partial charge is 0.307 e. The van der Waals surface area contributed by atoms with E-state index in [4.69, 9.17) is 9.72 Å². The lowest BCUT2D eigenvalue weighted by Gasteiger charge is -2.11. The molecule has 2 aromatic heterocycles. The lowest BCUT2D eigenvalue weighted by molar-refractivity contribution is -0.139. The Kier molecular flexibility index (Phi) is 5.28. The predicted molar refractivity (Wildman–Crippen MR) is 128 cm³/mol. The third-order valence-electron chi connectivity index (χ3n) is 6.53. The van der Waals surface area contributed by atoms with Gasteiger partial charge in [-0.05, 0) is 41.3 Å². The summed E-state index contributed by atoms with van der Waals surface area (Å²) in [4.78, 5) is 16.8. The Balaban J connectivity index is 1.54. The number of carbonyl (C=O) groups is 1. The summed E-state index contributed by atoms with van der Waals surface area (Å²) in [5, 5.41) is 14.1. The van der Waals surface area contributed by atoms with E-state index < -0.39 is 11.9 Å². The van der Waals surface area contributed by atoms with Gasteiger partial charge in [-0.1, -0.05) is 41.9 Å². The van der Waals surface area contributed by atoms with E-state index in [-0.39, 0.29) is 11.3 Å². The highest BCUT2D eigenvalue weighted by atomic mass is 79.9. The largest absolute Gasteiger partial charge is 0.487 e. The fourth-order valence-corrected chi connectivity index (χ4v) is 4.93. The quantitative estimate of drug-likeness (QED) is 0.380. The molecule has 1 N–H and O–H groups in total. The molecule has 0 spiro atoms. The fourth-order valence-electron chi connectivity index (χ4n) is 4.66. The zero-order valence-electron chi connectivity index (χ0n) is 18.7. The maximum Gasteiger partial charge on any atom is 0.307 e. The first-order valence-corrected chi connectivity index (χ1v) is 11.6. The molecule has 0 radical (unpaired) electrons. The van der Waals surface area contributed by atoms with Crippen LogP contribution in [0.4, 0.5) is 0 Å². The molecule has 0 aliphatic heterocycles. The number of hydrogen-bond acceptors (Lipinski definition) is 4. The highest BCUT2D eigenvalue weighted by Crippen LogP contribution is 2.64. The van der Waals surface area contributed by atoms with Gasteiger partial charge in [-0.25, -0.2) is 4.98 Å². The van der Waals surface area contributed by atoms with E-state index in [1.54, 1.807) is 4.68 Å². The maximum absolute atomic E-state index is 11.9. The van der Waals surface area contributed by atoms with Gasteiger partial charge in [0.1, 0.15) is 18.2 Å². The Morgan fingerprint density at radius 1 is 1.18 bits per heavy atom. The molecule has 1 fully saturated rings. The number of imidazole rings is 1. The van der Waals surface area contributed by atoms with Gasteiger partial charge in [-0.2, -0.15) is 5.10 Å². The summed E-state index contributed by atoms with van der Waals surface area (Å²) in [6.07, 6.45) is 1.89. The Morgan fingerprint density at radius 3 is 2.58 bits per heavy atom. The molecule has 0 unspecified atom stereocenters. The van der Waals surface area contributed by atoms with Crippen LogP contribution in [-0.2, 0) is 25.0 Å². The summed E-state index contributed by atoms with van der Waals surface area (Å²) in [5.74, 6) is 0.175. The molecule has 2 heterocycles. The van der Waals surface area contributed by atoms with E-state index >= 15 is 0 Å². The first kappa shape index (κ1) is 21.7. The van der Waals surface area contributed by atoms with Crippen LogP contribution in [0.15, 0.2) is 59.2 Å². The van der Waals surface area contributed by atoms with Crippen LogP contribution in [0, 0.1) is 11.3 Å². The van der Waals surface area contributed by atoms with Gasteiger partial charge in [0.25, 0.3) is 0 Å². The van der Waals surface area contributed by atoms with Crippen molar-refractivity contribution in [3.8, 4) is 5.75 Å². The van der Waals surface area contributed by atoms with Gasteiger partial charge in [-0.15, -0.1) is 0 Å². The molecule has 1 aliphatic rings. The lowest BCUT2D eigenvalue weighted by Crippen LogP contribution is -2.07. The van der Waals surface area contributed by atoms with E-state index in [2.05, 4.69) is 37.7 Å². The normalized spacial score (nSPS) is 19.0. The molecule has 0 bridgehead atoms. The van der Waals surface area contributed by atoms with Crippen LogP contribution < -0.4 is 4.74 Å². The Bertz CT molecular complexity index is 1340. The minimum absolute atomic E-state index is 0.143. The highest BCUT2D eigenvalue weighted by Gasteiger charge is 2.64. The number of aryl methyl sites for hydroxylation is 1. The maximum atomic E-state index is 11.9. The first-order valence-electron chi connectivity index (χ1n) is 10.8. The molecule has 8 heteroatoms. The van der Waals surface area contributed by atoms with Crippen molar-refractivity contribution >= 4 is 32.9 Å². The second-order valence-corrected chi connectivity index (χ2v) is 10.1. The molecular weight excluding hydrogens is 484 g/mol. The van der Waals surface area contributed by atoms with Crippen LogP contribution in [-0.4, -0.2) is 30.4 Å². The van der Waals surface area contributed by atoms with Crippen LogP contribution in [0.1, 0.15) is 36.8 Å². The fraction of sp³-hybridized carbons (Fsp3) is 0.320. The van der Waals surface area contributed by atoms with Gasteiger partial charge in [0, 0.05) is 36.2 Å². The van der Waals surface area contributed by atoms with Gasteiger partial charge in [-0.3, -0.25) is 9.48 Å². The van der Waals surface area contributed by atoms with E-state index in [0.717, 1.165) is 38.3 Å². The molecule has 33 heavy (non-hydrogen) atoms. The van der Waals surface area contributed by atoms with Crippen molar-refractivity contribution in [2.75, 3.05) is 0 Å². The topological polar surface area (TPSA) is 82.2 Å². The first-order chi connectivity index (χ1) is 15.7. The molecule has 0 amide bonds. The number of benzene rings is 2. The lowest BCUT2D eigenvalue weighted by atomic mass is 10.1. The number of carboxylic acid groups (broad SMARTS) is 1. The van der Waals surface area contributed by atoms with Gasteiger partial charge in [0.2, 0.25) is 0 Å². The third kappa shape index (κ3) is 4.04. The number of nitrogens with zero attached hydrogens (tertiary/aromatic N) is 4. The molecule has 5 rings (SSSR count). The van der Waals surface area contributed by atoms with Crippen molar-refractivity contribution in [2.24, 2.45) is 18.4 Å². The van der Waals surface area contributed by atoms with Crippen molar-refractivity contribution in [3.05, 3.63) is 76.3 Å². The Hall–Kier alpha value is -3.13. The number of fused-ring (bicyclic) bond motifs is 1. The minimum atomic E-state index is -0.772. The van der Waals surface area contributed by atoms with E-state index in [1.165, 1.54) is 0 Å². The average Bonchev–Trinajstić information content (AvgIpc) is 3.03. The number of rotatable bonds is 7. The number of halogens is 1. The van der Waals surface area contributed by atoms with Crippen LogP contribution >= 0.6 is 15.9 Å². The molecule has 1 aliphatic carbocycles. The van der Waals surface area contributed by atoms with Crippen molar-refractivity contribution < 1.29 is 14.6 Å². The number of carboxylic acids is 1. The van der Waals surface area contributed by atoms with Crippen molar-refractivity contribution in [1.82, 2.24) is 19.3 Å². The SMILES string of the molecule is Cn1ccc(COc2ccc3nc([C@@H]4[C@@H](C(=O)O)C4(C)C)n(Cc4ccc(Br)cc4)c3c2)n1. The summed E-state index contributed by atoms with van der Waals surface area (Å²) in [7, 11) is 1.88. The molecular formula is C25H25BrN4O3. The van der Waals surface area contributed by atoms with Crippen molar-refractivity contribution in [1.29, 1.82) is 0 Å². The Labute approximate surface area is 200 Å². The summed E-state index contributed by atoms with van der Waals surface area (Å²) >= 11 is 3.49. The van der Waals surface area contributed by atoms with E-state index in [0.29, 0.717) is 13.2 Å². The number of aromatic nitrogens is 4. The van der Waals surface area contributed by atoms with Gasteiger partial charge in [0.15, 0.2) is 0 Å². The predicted octanol–water partition coefficient (Wildman–Crippen LogP) is 4.98. The summed E-state index contributed by atoms with van der Waals surface area (Å²) < 4.78 is 10.9. The second-order valence-electron chi connectivity index (χ2n) is 9.22. The van der Waals surface area contributed by atoms with Crippen molar-refractivity contribution in [2.45, 2.75) is 32.9 Å². The Morgan fingerprint density at radius 2 is 1.94 bits per heavy atom. The monoisotopic (exact) mass is 508 g/mol. The molecule has 1 saturated carbocycles. The number of hydrogen-bond donors (Lipinski definition) is 1. The zero-order chi connectivity index (χ0) is 23.3. The minimum Gasteiger partial charge on any atom is -0.487 e. The summed E-state index contributed by atoms with van der Waals surface area (Å²) in [5.41, 5.74) is 3.38. The molecule has 7 nitrogen and oxygen atoms in total. The molecule has 4 aromatic rings. The van der Waals surface area contributed by atoms with Crippen LogP contribution in [0.3, 0.4) is 0 Å². The van der Waals surface area contributed by atoms with E-state index in [1.807, 2.05) is 63.5 Å². The van der Waals surface area contributed by atoms with Gasteiger partial charge >= 0.3 is 5.97 Å². The summed E-state index contributed by atoms with van der Waals surface area (Å²) in [6, 6.07) is 15.9. The van der Waals surface area contributed by atoms with Crippen LogP contribution in [0.5, 0.6) is 5.75 Å². The molecule has 170 valence electrons. The van der Waals surface area contributed by atoms with Gasteiger partial charge in [0.05, 0.1) is 22.6 Å². The summed E-state index contributed by atoms with van der Waals surface area (Å²) in [6.45, 7) is 4.97. The number of ether oxygens (including phenoxy) is 1. The van der Waals surface area contributed by atoms with Gasteiger partial charge < -0.3 is 14.4 Å². The van der Waals surface area contributed by atoms with E-state index in [9.17, 15) is 9.90 Å². The average molecular weight is 509 g/mol. The number of aliphatic carboxylic acids is 1. The molecule has 0 saturated heterocycles. The van der Waals surface area contributed by atoms with Crippen molar-refractivity contribution in [3.63, 3.8) is 0 Å². The second kappa shape index (κ2) is 8.02. The molecule has 2 aromatic carbocycles. The standard InChI is InChI=1S/C25H25BrN4O3/c1-25(2)21(22(25)24(31)32)23-27-19-9-8-18(33-14-17-10-11-29(3)28-17)12-20(19)30(23)13-15-4-6-16(26)7-5-15/h4-12,21-22H,13-14H2,1-3H3,(H,31,32)/t21-,22-/m0/s1. The zero-order valence-corrected chi connectivity index (χ0v) is 20.3.